The predicted molar refractivity (Wildman–Crippen MR) is 62.5 cm³/mol. The van der Waals surface area contributed by atoms with Crippen molar-refractivity contribution in [3.63, 3.8) is 0 Å². The van der Waals surface area contributed by atoms with Gasteiger partial charge in [0.1, 0.15) is 6.54 Å². The molecule has 3 nitrogen and oxygen atoms in total. The second-order valence-corrected chi connectivity index (χ2v) is 4.15. The van der Waals surface area contributed by atoms with Gasteiger partial charge < -0.3 is 10.6 Å². The minimum absolute atomic E-state index is 0.407. The van der Waals surface area contributed by atoms with Crippen LogP contribution in [0.5, 0.6) is 0 Å². The second kappa shape index (κ2) is 5.95. The van der Waals surface area contributed by atoms with E-state index in [9.17, 15) is 18.0 Å². The molecule has 2 amide bonds. The number of alkyl halides is 3. The molecule has 0 radical (unpaired) electrons. The quantitative estimate of drug-likeness (QED) is 0.877. The van der Waals surface area contributed by atoms with Gasteiger partial charge in [-0.1, -0.05) is 23.7 Å². The van der Waals surface area contributed by atoms with Crippen LogP contribution in [0.25, 0.3) is 0 Å². The summed E-state index contributed by atoms with van der Waals surface area (Å²) in [6.45, 7) is 0.308. The minimum atomic E-state index is -4.42. The first-order valence-electron chi connectivity index (χ1n) is 5.14. The summed E-state index contributed by atoms with van der Waals surface area (Å²) < 4.78 is 35.6. The van der Waals surface area contributed by atoms with Gasteiger partial charge in [0.25, 0.3) is 0 Å². The molecule has 18 heavy (non-hydrogen) atoms. The van der Waals surface area contributed by atoms with Crippen molar-refractivity contribution in [2.75, 3.05) is 6.54 Å². The monoisotopic (exact) mass is 280 g/mol. The van der Waals surface area contributed by atoms with Crippen LogP contribution in [0, 0.1) is 0 Å². The van der Waals surface area contributed by atoms with Gasteiger partial charge in [-0.15, -0.1) is 0 Å². The highest BCUT2D eigenvalue weighted by Crippen LogP contribution is 2.16. The number of carbonyl (C=O) groups excluding carboxylic acids is 1. The van der Waals surface area contributed by atoms with Gasteiger partial charge in [0.15, 0.2) is 0 Å². The van der Waals surface area contributed by atoms with Crippen molar-refractivity contribution in [2.45, 2.75) is 19.1 Å². The first-order chi connectivity index (χ1) is 8.28. The number of amides is 2. The van der Waals surface area contributed by atoms with Gasteiger partial charge >= 0.3 is 12.2 Å². The number of nitrogens with one attached hydrogen (secondary N) is 2. The maximum atomic E-state index is 11.9. The van der Waals surface area contributed by atoms with Crippen molar-refractivity contribution in [1.82, 2.24) is 10.6 Å². The number of hydrogen-bond donors (Lipinski definition) is 2. The molecule has 0 fully saturated rings. The highest BCUT2D eigenvalue weighted by atomic mass is 35.5. The average molecular weight is 281 g/mol. The molecule has 2 N–H and O–H groups in total. The van der Waals surface area contributed by atoms with E-state index < -0.39 is 24.8 Å². The van der Waals surface area contributed by atoms with E-state index in [4.69, 9.17) is 11.6 Å². The van der Waals surface area contributed by atoms with Crippen molar-refractivity contribution in [2.24, 2.45) is 0 Å². The van der Waals surface area contributed by atoms with E-state index in [2.05, 4.69) is 5.32 Å². The zero-order valence-corrected chi connectivity index (χ0v) is 10.3. The number of carbonyl (C=O) groups is 1. The Morgan fingerprint density at radius 3 is 2.39 bits per heavy atom. The van der Waals surface area contributed by atoms with Crippen molar-refractivity contribution in [3.8, 4) is 0 Å². The Morgan fingerprint density at radius 2 is 1.89 bits per heavy atom. The Balaban J connectivity index is 2.47. The van der Waals surface area contributed by atoms with Crippen LogP contribution in [0.3, 0.4) is 0 Å². The van der Waals surface area contributed by atoms with Gasteiger partial charge in [0.05, 0.1) is 6.04 Å². The summed E-state index contributed by atoms with van der Waals surface area (Å²) in [5.41, 5.74) is 0.751. The lowest BCUT2D eigenvalue weighted by Gasteiger charge is -2.15. The highest BCUT2D eigenvalue weighted by molar-refractivity contribution is 6.30. The Bertz CT molecular complexity index is 406. The van der Waals surface area contributed by atoms with E-state index in [1.54, 1.807) is 36.5 Å². The Morgan fingerprint density at radius 1 is 1.33 bits per heavy atom. The van der Waals surface area contributed by atoms with Crippen LogP contribution in [0.1, 0.15) is 18.5 Å². The van der Waals surface area contributed by atoms with Gasteiger partial charge in [-0.3, -0.25) is 0 Å². The first kappa shape index (κ1) is 14.6. The Hall–Kier alpha value is -1.43. The van der Waals surface area contributed by atoms with Gasteiger partial charge in [0, 0.05) is 5.02 Å². The fourth-order valence-electron chi connectivity index (χ4n) is 1.26. The molecule has 0 aliphatic heterocycles. The molecule has 1 rings (SSSR count). The van der Waals surface area contributed by atoms with E-state index in [-0.39, 0.29) is 0 Å². The molecule has 1 aromatic rings. The molecule has 0 aromatic heterocycles. The molecule has 0 saturated carbocycles. The molecule has 100 valence electrons. The van der Waals surface area contributed by atoms with E-state index in [1.165, 1.54) is 0 Å². The highest BCUT2D eigenvalue weighted by Gasteiger charge is 2.27. The molecule has 1 unspecified atom stereocenters. The summed E-state index contributed by atoms with van der Waals surface area (Å²) in [6.07, 6.45) is -4.42. The van der Waals surface area contributed by atoms with E-state index in [1.807, 2.05) is 0 Å². The predicted octanol–water partition coefficient (Wildman–Crippen LogP) is 3.26. The summed E-state index contributed by atoms with van der Waals surface area (Å²) >= 11 is 5.70. The molecule has 0 aliphatic rings. The molecule has 7 heteroatoms. The molecule has 0 aliphatic carbocycles. The molecule has 1 aromatic carbocycles. The van der Waals surface area contributed by atoms with Gasteiger partial charge in [-0.2, -0.15) is 13.2 Å². The number of halogens is 4. The normalized spacial score (nSPS) is 12.9. The molecular weight excluding hydrogens is 269 g/mol. The van der Waals surface area contributed by atoms with Crippen molar-refractivity contribution >= 4 is 17.6 Å². The fraction of sp³-hybridized carbons (Fsp3) is 0.364. The summed E-state index contributed by atoms with van der Waals surface area (Å²) in [6, 6.07) is 5.39. The summed E-state index contributed by atoms with van der Waals surface area (Å²) in [5.74, 6) is 0. The summed E-state index contributed by atoms with van der Waals surface area (Å²) in [5, 5.41) is 4.68. The van der Waals surface area contributed by atoms with Crippen LogP contribution in [0.15, 0.2) is 24.3 Å². The van der Waals surface area contributed by atoms with Crippen LogP contribution in [0.2, 0.25) is 5.02 Å². The maximum Gasteiger partial charge on any atom is 0.405 e. The lowest BCUT2D eigenvalue weighted by atomic mass is 10.1. The van der Waals surface area contributed by atoms with Crippen molar-refractivity contribution in [3.05, 3.63) is 34.9 Å². The van der Waals surface area contributed by atoms with E-state index in [0.29, 0.717) is 5.02 Å². The van der Waals surface area contributed by atoms with E-state index >= 15 is 0 Å². The van der Waals surface area contributed by atoms with Crippen LogP contribution < -0.4 is 10.6 Å². The standard InChI is InChI=1S/C11H12ClF3N2O/c1-7(8-2-4-9(12)5-3-8)17-10(18)16-6-11(13,14)15/h2-5,7H,6H2,1H3,(H2,16,17,18). The largest absolute Gasteiger partial charge is 0.405 e. The first-order valence-corrected chi connectivity index (χ1v) is 5.52. The molecule has 1 atom stereocenters. The number of benzene rings is 1. The van der Waals surface area contributed by atoms with Crippen LogP contribution in [-0.4, -0.2) is 18.8 Å². The van der Waals surface area contributed by atoms with Crippen LogP contribution in [0.4, 0.5) is 18.0 Å². The van der Waals surface area contributed by atoms with Gasteiger partial charge in [0.2, 0.25) is 0 Å². The zero-order chi connectivity index (χ0) is 13.8. The third-order valence-corrected chi connectivity index (χ3v) is 2.42. The summed E-state index contributed by atoms with van der Waals surface area (Å²) in [7, 11) is 0. The Kier molecular flexibility index (Phi) is 4.84. The van der Waals surface area contributed by atoms with Gasteiger partial charge in [-0.05, 0) is 24.6 Å². The van der Waals surface area contributed by atoms with Crippen molar-refractivity contribution in [1.29, 1.82) is 0 Å². The number of rotatable bonds is 3. The Labute approximate surface area is 107 Å². The zero-order valence-electron chi connectivity index (χ0n) is 9.51. The molecule has 0 heterocycles. The molecular formula is C11H12ClF3N2O. The van der Waals surface area contributed by atoms with Crippen molar-refractivity contribution < 1.29 is 18.0 Å². The topological polar surface area (TPSA) is 41.1 Å². The van der Waals surface area contributed by atoms with Crippen LogP contribution in [-0.2, 0) is 0 Å². The van der Waals surface area contributed by atoms with Crippen LogP contribution >= 0.6 is 11.6 Å². The molecule has 0 spiro atoms. The lowest BCUT2D eigenvalue weighted by Crippen LogP contribution is -2.41. The average Bonchev–Trinajstić information content (AvgIpc) is 2.26. The van der Waals surface area contributed by atoms with E-state index in [0.717, 1.165) is 5.56 Å². The van der Waals surface area contributed by atoms with Gasteiger partial charge in [-0.25, -0.2) is 4.79 Å². The lowest BCUT2D eigenvalue weighted by molar-refractivity contribution is -0.122. The second-order valence-electron chi connectivity index (χ2n) is 3.72. The maximum absolute atomic E-state index is 11.9. The molecule has 0 saturated heterocycles. The SMILES string of the molecule is CC(NC(=O)NCC(F)(F)F)c1ccc(Cl)cc1. The third kappa shape index (κ3) is 5.27. The number of urea groups is 1. The smallest absolute Gasteiger partial charge is 0.332 e. The number of hydrogen-bond acceptors (Lipinski definition) is 1. The third-order valence-electron chi connectivity index (χ3n) is 2.17. The minimum Gasteiger partial charge on any atom is -0.332 e. The summed E-state index contributed by atoms with van der Waals surface area (Å²) in [4.78, 5) is 11.2. The fourth-order valence-corrected chi connectivity index (χ4v) is 1.39. The molecule has 0 bridgehead atoms.